The highest BCUT2D eigenvalue weighted by atomic mass is 16.6. The van der Waals surface area contributed by atoms with Crippen LogP contribution in [0.4, 0.5) is 0 Å². The van der Waals surface area contributed by atoms with Crippen molar-refractivity contribution in [1.82, 2.24) is 4.90 Å². The third-order valence-electron chi connectivity index (χ3n) is 8.02. The highest BCUT2D eigenvalue weighted by Crippen LogP contribution is 2.37. The van der Waals surface area contributed by atoms with E-state index in [2.05, 4.69) is 12.1 Å². The normalized spacial score (nSPS) is 14.7. The molecule has 1 atom stereocenters. The number of esters is 2. The van der Waals surface area contributed by atoms with Crippen molar-refractivity contribution >= 4 is 17.8 Å². The minimum absolute atomic E-state index is 0.00511. The number of hydrogen-bond acceptors (Lipinski definition) is 6. The Hall–Kier alpha value is -4.13. The molecule has 0 heterocycles. The average Bonchev–Trinajstić information content (AvgIpc) is 2.98. The molecule has 4 rings (SSSR count). The van der Waals surface area contributed by atoms with Gasteiger partial charge in [0.25, 0.3) is 0 Å². The first-order valence-electron chi connectivity index (χ1n) is 16.8. The molecule has 1 aliphatic carbocycles. The Morgan fingerprint density at radius 1 is 0.787 bits per heavy atom. The number of aryl methyl sites for hydroxylation is 1. The monoisotopic (exact) mass is 641 g/mol. The summed E-state index contributed by atoms with van der Waals surface area (Å²) in [5.41, 5.74) is 3.20. The number of fused-ring (bicyclic) bond motifs is 1. The van der Waals surface area contributed by atoms with E-state index in [0.717, 1.165) is 36.1 Å². The molecule has 0 spiro atoms. The highest BCUT2D eigenvalue weighted by molar-refractivity contribution is 5.78. The van der Waals surface area contributed by atoms with Gasteiger partial charge in [0, 0.05) is 19.5 Å². The number of hydrogen-bond donors (Lipinski definition) is 0. The van der Waals surface area contributed by atoms with Crippen LogP contribution in [0.5, 0.6) is 5.75 Å². The van der Waals surface area contributed by atoms with Crippen LogP contribution in [0.15, 0.2) is 78.9 Å². The lowest BCUT2D eigenvalue weighted by molar-refractivity contribution is -0.159. The van der Waals surface area contributed by atoms with Crippen LogP contribution in [-0.2, 0) is 43.4 Å². The molecule has 0 radical (unpaired) electrons. The molecule has 7 nitrogen and oxygen atoms in total. The van der Waals surface area contributed by atoms with Gasteiger partial charge in [-0.3, -0.25) is 14.4 Å². The zero-order valence-corrected chi connectivity index (χ0v) is 28.9. The zero-order valence-electron chi connectivity index (χ0n) is 28.9. The van der Waals surface area contributed by atoms with Gasteiger partial charge in [-0.2, -0.15) is 0 Å². The number of benzene rings is 3. The van der Waals surface area contributed by atoms with Gasteiger partial charge in [-0.1, -0.05) is 66.7 Å². The fraction of sp³-hybridized carbons (Fsp3) is 0.475. The summed E-state index contributed by atoms with van der Waals surface area (Å²) in [4.78, 5) is 41.9. The van der Waals surface area contributed by atoms with Crippen molar-refractivity contribution in [3.8, 4) is 5.75 Å². The van der Waals surface area contributed by atoms with E-state index in [0.29, 0.717) is 19.6 Å². The van der Waals surface area contributed by atoms with E-state index in [9.17, 15) is 14.4 Å². The van der Waals surface area contributed by atoms with Crippen LogP contribution in [0.1, 0.15) is 102 Å². The zero-order chi connectivity index (χ0) is 34.0. The summed E-state index contributed by atoms with van der Waals surface area (Å²) in [7, 11) is 0. The molecule has 0 aromatic heterocycles. The van der Waals surface area contributed by atoms with Crippen LogP contribution in [0.25, 0.3) is 0 Å². The lowest BCUT2D eigenvalue weighted by Gasteiger charge is -2.31. The summed E-state index contributed by atoms with van der Waals surface area (Å²) < 4.78 is 17.3. The van der Waals surface area contributed by atoms with Gasteiger partial charge in [-0.05, 0) is 107 Å². The Labute approximate surface area is 280 Å². The quantitative estimate of drug-likeness (QED) is 0.175. The van der Waals surface area contributed by atoms with Crippen LogP contribution in [0, 0.1) is 5.92 Å². The maximum Gasteiger partial charge on any atom is 0.306 e. The molecule has 0 aliphatic heterocycles. The predicted molar refractivity (Wildman–Crippen MR) is 184 cm³/mol. The van der Waals surface area contributed by atoms with Gasteiger partial charge in [0.15, 0.2) is 0 Å². The molecule has 1 amide bonds. The maximum atomic E-state index is 14.2. The van der Waals surface area contributed by atoms with Gasteiger partial charge in [0.05, 0.1) is 12.8 Å². The largest absolute Gasteiger partial charge is 0.489 e. The lowest BCUT2D eigenvalue weighted by atomic mass is 9.80. The number of ether oxygens (including phenoxy) is 3. The van der Waals surface area contributed by atoms with Gasteiger partial charge in [0.2, 0.25) is 5.91 Å². The van der Waals surface area contributed by atoms with E-state index < -0.39 is 29.1 Å². The Bertz CT molecular complexity index is 1440. The summed E-state index contributed by atoms with van der Waals surface area (Å²) in [5, 5.41) is 0. The third-order valence-corrected chi connectivity index (χ3v) is 8.02. The van der Waals surface area contributed by atoms with E-state index in [-0.39, 0.29) is 31.2 Å². The summed E-state index contributed by atoms with van der Waals surface area (Å²) in [6, 6.07) is 26.2. The minimum atomic E-state index is -0.659. The third kappa shape index (κ3) is 12.2. The highest BCUT2D eigenvalue weighted by Gasteiger charge is 2.30. The van der Waals surface area contributed by atoms with Gasteiger partial charge in [-0.15, -0.1) is 0 Å². The van der Waals surface area contributed by atoms with Gasteiger partial charge >= 0.3 is 11.9 Å². The van der Waals surface area contributed by atoms with Crippen molar-refractivity contribution in [2.45, 2.75) is 110 Å². The lowest BCUT2D eigenvalue weighted by Crippen LogP contribution is -2.38. The van der Waals surface area contributed by atoms with Crippen molar-refractivity contribution in [3.63, 3.8) is 0 Å². The predicted octanol–water partition coefficient (Wildman–Crippen LogP) is 8.18. The van der Waals surface area contributed by atoms with Crippen LogP contribution >= 0.6 is 0 Å². The number of nitrogens with zero attached hydrogens (tertiary/aromatic N) is 1. The molecule has 7 heteroatoms. The first kappa shape index (κ1) is 35.7. The summed E-state index contributed by atoms with van der Waals surface area (Å²) in [6.45, 7) is 12.0. The standard InChI is InChI=1S/C40H51NO6/c1-39(2,3)46-37(43)22-31(23-38(44)47-40(4,5)6)27-41(26-29-14-9-7-10-15-29)36(42)25-33-19-13-18-32-24-34(20-21-35(32)33)45-28-30-16-11-8-12-17-30/h7-12,14-17,20-21,24,31,33H,13,18-19,22-23,25-28H2,1-6H3. The Morgan fingerprint density at radius 3 is 1.94 bits per heavy atom. The molecule has 1 aliphatic rings. The SMILES string of the molecule is CC(C)(C)OC(=O)CC(CC(=O)OC(C)(C)C)CN(Cc1ccccc1)C(=O)CC1CCCc2cc(OCc3ccccc3)ccc21. The second-order valence-corrected chi connectivity index (χ2v) is 14.6. The number of rotatable bonds is 13. The van der Waals surface area contributed by atoms with Gasteiger partial charge < -0.3 is 19.1 Å². The molecule has 0 saturated carbocycles. The molecular weight excluding hydrogens is 590 g/mol. The molecule has 0 saturated heterocycles. The Morgan fingerprint density at radius 2 is 1.36 bits per heavy atom. The summed E-state index contributed by atoms with van der Waals surface area (Å²) in [5.74, 6) is -0.362. The van der Waals surface area contributed by atoms with E-state index in [1.165, 1.54) is 11.1 Å². The fourth-order valence-corrected chi connectivity index (χ4v) is 6.08. The molecule has 0 fully saturated rings. The minimum Gasteiger partial charge on any atom is -0.489 e. The molecule has 47 heavy (non-hydrogen) atoms. The second kappa shape index (κ2) is 16.1. The molecule has 0 bridgehead atoms. The smallest absolute Gasteiger partial charge is 0.306 e. The molecule has 252 valence electrons. The first-order chi connectivity index (χ1) is 22.2. The Balaban J connectivity index is 1.52. The number of amides is 1. The van der Waals surface area contributed by atoms with Crippen LogP contribution in [-0.4, -0.2) is 40.5 Å². The molecule has 3 aromatic carbocycles. The van der Waals surface area contributed by atoms with Crippen LogP contribution in [0.3, 0.4) is 0 Å². The topological polar surface area (TPSA) is 82.1 Å². The average molecular weight is 642 g/mol. The van der Waals surface area contributed by atoms with Crippen molar-refractivity contribution in [2.24, 2.45) is 5.92 Å². The molecule has 0 N–H and O–H groups in total. The molecular formula is C40H51NO6. The van der Waals surface area contributed by atoms with Gasteiger partial charge in [-0.25, -0.2) is 0 Å². The van der Waals surface area contributed by atoms with E-state index >= 15 is 0 Å². The van der Waals surface area contributed by atoms with Crippen molar-refractivity contribution in [3.05, 3.63) is 101 Å². The fourth-order valence-electron chi connectivity index (χ4n) is 6.08. The first-order valence-corrected chi connectivity index (χ1v) is 16.8. The molecule has 3 aromatic rings. The van der Waals surface area contributed by atoms with E-state index in [1.807, 2.05) is 108 Å². The Kier molecular flexibility index (Phi) is 12.3. The van der Waals surface area contributed by atoms with E-state index in [4.69, 9.17) is 14.2 Å². The summed E-state index contributed by atoms with van der Waals surface area (Å²) >= 11 is 0. The van der Waals surface area contributed by atoms with Crippen LogP contribution in [0.2, 0.25) is 0 Å². The maximum absolute atomic E-state index is 14.2. The van der Waals surface area contributed by atoms with Crippen molar-refractivity contribution in [1.29, 1.82) is 0 Å². The molecule has 1 unspecified atom stereocenters. The van der Waals surface area contributed by atoms with E-state index in [1.54, 1.807) is 4.90 Å². The number of carbonyl (C=O) groups is 3. The van der Waals surface area contributed by atoms with Crippen molar-refractivity contribution in [2.75, 3.05) is 6.54 Å². The summed E-state index contributed by atoms with van der Waals surface area (Å²) in [6.07, 6.45) is 3.22. The number of carbonyl (C=O) groups excluding carboxylic acids is 3. The van der Waals surface area contributed by atoms with Crippen LogP contribution < -0.4 is 4.74 Å². The van der Waals surface area contributed by atoms with Crippen molar-refractivity contribution < 1.29 is 28.6 Å². The second-order valence-electron chi connectivity index (χ2n) is 14.6. The van der Waals surface area contributed by atoms with Gasteiger partial charge in [0.1, 0.15) is 23.6 Å².